The van der Waals surface area contributed by atoms with Gasteiger partial charge in [-0.05, 0) is 19.1 Å². The molecule has 1 saturated heterocycles. The van der Waals surface area contributed by atoms with E-state index in [1.54, 1.807) is 19.1 Å². The molecule has 1 atom stereocenters. The molecule has 9 heteroatoms. The minimum Gasteiger partial charge on any atom is -0.384 e. The van der Waals surface area contributed by atoms with Crippen molar-refractivity contribution in [2.75, 3.05) is 36.9 Å². The predicted molar refractivity (Wildman–Crippen MR) is 97.1 cm³/mol. The Morgan fingerprint density at radius 1 is 1.27 bits per heavy atom. The first-order valence-corrected chi connectivity index (χ1v) is 9.36. The van der Waals surface area contributed by atoms with Gasteiger partial charge in [-0.25, -0.2) is 18.6 Å². The average Bonchev–Trinajstić information content (AvgIpc) is 2.97. The minimum atomic E-state index is -1.80. The highest BCUT2D eigenvalue weighted by Gasteiger charge is 2.25. The zero-order chi connectivity index (χ0) is 18.3. The highest BCUT2D eigenvalue weighted by Crippen LogP contribution is 2.34. The van der Waals surface area contributed by atoms with Gasteiger partial charge in [-0.15, -0.1) is 0 Å². The number of morpholine rings is 1. The van der Waals surface area contributed by atoms with Crippen LogP contribution in [0, 0.1) is 12.7 Å². The van der Waals surface area contributed by atoms with E-state index in [9.17, 15) is 8.60 Å². The predicted octanol–water partition coefficient (Wildman–Crippen LogP) is 1.99. The van der Waals surface area contributed by atoms with Crippen molar-refractivity contribution in [1.29, 1.82) is 0 Å². The Balaban J connectivity index is 1.89. The van der Waals surface area contributed by atoms with E-state index >= 15 is 0 Å². The Kier molecular flexibility index (Phi) is 4.33. The molecule has 0 bridgehead atoms. The number of aryl methyl sites for hydroxylation is 1. The summed E-state index contributed by atoms with van der Waals surface area (Å²) >= 11 is 0. The van der Waals surface area contributed by atoms with Gasteiger partial charge in [0, 0.05) is 13.1 Å². The van der Waals surface area contributed by atoms with Crippen LogP contribution in [-0.2, 0) is 15.5 Å². The lowest BCUT2D eigenvalue weighted by molar-refractivity contribution is 0.122. The number of nitrogens with two attached hydrogens (primary N) is 1. The van der Waals surface area contributed by atoms with Gasteiger partial charge in [0.25, 0.3) is 0 Å². The third-order valence-electron chi connectivity index (χ3n) is 4.25. The molecule has 1 unspecified atom stereocenters. The number of hydrogen-bond donors (Lipinski definition) is 2. The number of nitrogen functional groups attached to an aromatic ring is 1. The quantitative estimate of drug-likeness (QED) is 0.727. The average molecular weight is 375 g/mol. The first-order valence-electron chi connectivity index (χ1n) is 8.21. The zero-order valence-corrected chi connectivity index (χ0v) is 15.0. The number of hydrogen-bond acceptors (Lipinski definition) is 6. The first-order chi connectivity index (χ1) is 12.6. The van der Waals surface area contributed by atoms with E-state index < -0.39 is 16.6 Å². The fourth-order valence-corrected chi connectivity index (χ4v) is 4.29. The second-order valence-corrected chi connectivity index (χ2v) is 7.37. The maximum atomic E-state index is 14.1. The number of aromatic nitrogens is 3. The van der Waals surface area contributed by atoms with Crippen LogP contribution < -0.4 is 10.6 Å². The van der Waals surface area contributed by atoms with Crippen molar-refractivity contribution < 1.29 is 13.3 Å². The summed E-state index contributed by atoms with van der Waals surface area (Å²) in [5.74, 6) is 0.888. The molecule has 1 aliphatic heterocycles. The molecular weight excluding hydrogens is 357 g/mol. The molecule has 7 nitrogen and oxygen atoms in total. The number of ether oxygens (including phenoxy) is 1. The molecule has 3 N–H and O–H groups in total. The van der Waals surface area contributed by atoms with E-state index in [2.05, 4.69) is 19.9 Å². The first kappa shape index (κ1) is 16.9. The maximum absolute atomic E-state index is 14.1. The molecule has 3 aromatic rings. The highest BCUT2D eigenvalue weighted by atomic mass is 32.2. The number of fused-ring (bicyclic) bond motifs is 1. The molecule has 0 amide bonds. The van der Waals surface area contributed by atoms with Gasteiger partial charge in [-0.1, -0.05) is 12.1 Å². The van der Waals surface area contributed by atoms with E-state index in [1.807, 2.05) is 0 Å². The molecule has 136 valence electrons. The number of benzene rings is 1. The number of nitrogens with one attached hydrogen (secondary N) is 1. The molecule has 0 aliphatic carbocycles. The minimum absolute atomic E-state index is 0.0734. The summed E-state index contributed by atoms with van der Waals surface area (Å²) in [5.41, 5.74) is 7.17. The summed E-state index contributed by atoms with van der Waals surface area (Å²) < 4.78 is 32.5. The van der Waals surface area contributed by atoms with Gasteiger partial charge < -0.3 is 20.4 Å². The van der Waals surface area contributed by atoms with Gasteiger partial charge >= 0.3 is 0 Å². The van der Waals surface area contributed by atoms with Crippen LogP contribution >= 0.6 is 0 Å². The topological polar surface area (TPSA) is 97.1 Å². The van der Waals surface area contributed by atoms with Crippen LogP contribution in [0.4, 0.5) is 16.0 Å². The van der Waals surface area contributed by atoms with Crippen molar-refractivity contribution in [3.8, 4) is 0 Å². The molecule has 4 rings (SSSR count). The Morgan fingerprint density at radius 2 is 2.00 bits per heavy atom. The maximum Gasteiger partial charge on any atom is 0.157 e. The van der Waals surface area contributed by atoms with E-state index in [0.717, 1.165) is 0 Å². The van der Waals surface area contributed by atoms with Gasteiger partial charge in [-0.2, -0.15) is 0 Å². The number of rotatable bonds is 3. The van der Waals surface area contributed by atoms with Crippen LogP contribution in [0.2, 0.25) is 0 Å². The van der Waals surface area contributed by atoms with E-state index in [1.165, 1.54) is 12.1 Å². The largest absolute Gasteiger partial charge is 0.384 e. The molecule has 0 spiro atoms. The highest BCUT2D eigenvalue weighted by molar-refractivity contribution is 7.85. The number of anilines is 2. The second kappa shape index (κ2) is 6.65. The van der Waals surface area contributed by atoms with Gasteiger partial charge in [0.1, 0.15) is 33.4 Å². The van der Waals surface area contributed by atoms with Gasteiger partial charge in [-0.3, -0.25) is 0 Å². The Morgan fingerprint density at radius 3 is 2.73 bits per heavy atom. The number of halogens is 1. The van der Waals surface area contributed by atoms with Gasteiger partial charge in [0.15, 0.2) is 5.82 Å². The van der Waals surface area contributed by atoms with E-state index in [0.29, 0.717) is 49.0 Å². The Bertz CT molecular complexity index is 1000. The van der Waals surface area contributed by atoms with Crippen molar-refractivity contribution in [1.82, 2.24) is 15.0 Å². The molecule has 3 heterocycles. The molecule has 0 saturated carbocycles. The third-order valence-corrected chi connectivity index (χ3v) is 5.77. The molecule has 1 aliphatic rings. The molecule has 26 heavy (non-hydrogen) atoms. The Hall–Kier alpha value is -2.52. The van der Waals surface area contributed by atoms with Crippen molar-refractivity contribution >= 4 is 33.5 Å². The van der Waals surface area contributed by atoms with Crippen LogP contribution in [0.5, 0.6) is 0 Å². The molecule has 0 radical (unpaired) electrons. The van der Waals surface area contributed by atoms with E-state index in [4.69, 9.17) is 10.5 Å². The van der Waals surface area contributed by atoms with Crippen LogP contribution in [-0.4, -0.2) is 45.5 Å². The fraction of sp³-hybridized carbons (Fsp3) is 0.294. The van der Waals surface area contributed by atoms with Crippen LogP contribution in [0.25, 0.3) is 11.0 Å². The van der Waals surface area contributed by atoms with Gasteiger partial charge in [0.2, 0.25) is 0 Å². The second-order valence-electron chi connectivity index (χ2n) is 5.98. The smallest absolute Gasteiger partial charge is 0.157 e. The monoisotopic (exact) mass is 375 g/mol. The fourth-order valence-electron chi connectivity index (χ4n) is 3.05. The zero-order valence-electron chi connectivity index (χ0n) is 14.2. The van der Waals surface area contributed by atoms with E-state index in [-0.39, 0.29) is 15.6 Å². The molecular formula is C17H18FN5O2S. The summed E-state index contributed by atoms with van der Waals surface area (Å²) in [6.07, 6.45) is 0. The summed E-state index contributed by atoms with van der Waals surface area (Å²) in [6, 6.07) is 5.95. The Labute approximate surface area is 151 Å². The van der Waals surface area contributed by atoms with Crippen LogP contribution in [0.3, 0.4) is 0 Å². The lowest BCUT2D eigenvalue weighted by Gasteiger charge is -2.28. The standard InChI is InChI=1S/C17H18FN5O2S/c1-10-20-13-14(17(21-10)23-6-8-25-9-7-23)22-16(19)15(13)26(24)12-5-3-2-4-11(12)18/h2-5,22H,6-9,19H2,1H3. The van der Waals surface area contributed by atoms with Gasteiger partial charge in [0.05, 0.1) is 28.9 Å². The van der Waals surface area contributed by atoms with Crippen LogP contribution in [0.1, 0.15) is 5.82 Å². The van der Waals surface area contributed by atoms with Crippen LogP contribution in [0.15, 0.2) is 34.1 Å². The van der Waals surface area contributed by atoms with Crippen molar-refractivity contribution in [3.05, 3.63) is 35.9 Å². The number of nitrogens with zero attached hydrogens (tertiary/aromatic N) is 3. The molecule has 1 aromatic carbocycles. The van der Waals surface area contributed by atoms with Crippen molar-refractivity contribution in [2.24, 2.45) is 0 Å². The normalized spacial score (nSPS) is 16.2. The SMILES string of the molecule is Cc1nc(N2CCOCC2)c2[nH]c(N)c(S(=O)c3ccccc3F)c2n1. The summed E-state index contributed by atoms with van der Waals surface area (Å²) in [6.45, 7) is 4.36. The summed E-state index contributed by atoms with van der Waals surface area (Å²) in [4.78, 5) is 14.4. The summed E-state index contributed by atoms with van der Waals surface area (Å²) in [7, 11) is -1.80. The lowest BCUT2D eigenvalue weighted by Crippen LogP contribution is -2.37. The third kappa shape index (κ3) is 2.82. The summed E-state index contributed by atoms with van der Waals surface area (Å²) in [5, 5.41) is 0. The molecule has 1 fully saturated rings. The molecule has 2 aromatic heterocycles. The van der Waals surface area contributed by atoms with Crippen molar-refractivity contribution in [2.45, 2.75) is 16.7 Å². The number of aromatic amines is 1. The number of H-pyrrole nitrogens is 1. The van der Waals surface area contributed by atoms with Crippen molar-refractivity contribution in [3.63, 3.8) is 0 Å². The lowest BCUT2D eigenvalue weighted by atomic mass is 10.3.